The molecule has 23 heavy (non-hydrogen) atoms. The molecule has 122 valence electrons. The molecule has 1 heterocycles. The number of rotatable bonds is 4. The van der Waals surface area contributed by atoms with Crippen LogP contribution in [0.5, 0.6) is 0 Å². The predicted molar refractivity (Wildman–Crippen MR) is 92.4 cm³/mol. The molecule has 2 rings (SSSR count). The van der Waals surface area contributed by atoms with Gasteiger partial charge in [-0.05, 0) is 56.6 Å². The molecule has 0 radical (unpaired) electrons. The third-order valence-electron chi connectivity index (χ3n) is 3.98. The fourth-order valence-electron chi connectivity index (χ4n) is 2.88. The first-order chi connectivity index (χ1) is 10.8. The summed E-state index contributed by atoms with van der Waals surface area (Å²) in [6.45, 7) is 11.1. The van der Waals surface area contributed by atoms with E-state index in [1.54, 1.807) is 13.0 Å². The van der Waals surface area contributed by atoms with Crippen LogP contribution in [0.4, 0.5) is 4.39 Å². The molecule has 1 aromatic rings. The van der Waals surface area contributed by atoms with Crippen LogP contribution in [0.1, 0.15) is 31.9 Å². The number of ether oxygens (including phenoxy) is 1. The summed E-state index contributed by atoms with van der Waals surface area (Å²) in [4.78, 5) is 0. The number of hydrogen-bond acceptors (Lipinski definition) is 2. The standard InChI is InChI=1S/C20H23FO2/c1-6-14(12-16(21)7-2)17-18(20(4,5)23-19(17)22)15-10-8-13(3)9-11-15/h6-12,19,22H,2H2,1,3-5H3/b14-6+,16-12+. The van der Waals surface area contributed by atoms with Gasteiger partial charge in [0.15, 0.2) is 6.29 Å². The topological polar surface area (TPSA) is 29.5 Å². The second-order valence-corrected chi connectivity index (χ2v) is 6.11. The Labute approximate surface area is 137 Å². The van der Waals surface area contributed by atoms with Gasteiger partial charge in [-0.1, -0.05) is 42.5 Å². The maximum Gasteiger partial charge on any atom is 0.183 e. The van der Waals surface area contributed by atoms with Gasteiger partial charge in [0.1, 0.15) is 5.83 Å². The molecule has 2 nitrogen and oxygen atoms in total. The molecular formula is C20H23FO2. The van der Waals surface area contributed by atoms with Gasteiger partial charge in [0.25, 0.3) is 0 Å². The van der Waals surface area contributed by atoms with Gasteiger partial charge >= 0.3 is 0 Å². The zero-order valence-corrected chi connectivity index (χ0v) is 14.1. The van der Waals surface area contributed by atoms with Crippen molar-refractivity contribution in [3.63, 3.8) is 0 Å². The summed E-state index contributed by atoms with van der Waals surface area (Å²) in [5.74, 6) is -0.453. The van der Waals surface area contributed by atoms with E-state index in [1.807, 2.05) is 45.0 Å². The quantitative estimate of drug-likeness (QED) is 0.804. The number of halogens is 1. The second kappa shape index (κ2) is 6.65. The van der Waals surface area contributed by atoms with Crippen LogP contribution in [0.25, 0.3) is 5.57 Å². The number of benzene rings is 1. The molecule has 0 aliphatic carbocycles. The lowest BCUT2D eigenvalue weighted by atomic mass is 9.86. The van der Waals surface area contributed by atoms with E-state index in [4.69, 9.17) is 4.74 Å². The molecule has 0 saturated heterocycles. The fourth-order valence-corrected chi connectivity index (χ4v) is 2.88. The van der Waals surface area contributed by atoms with Crippen molar-refractivity contribution in [3.8, 4) is 0 Å². The number of aliphatic hydroxyl groups excluding tert-OH is 1. The third-order valence-corrected chi connectivity index (χ3v) is 3.98. The lowest BCUT2D eigenvalue weighted by molar-refractivity contribution is -0.109. The molecular weight excluding hydrogens is 291 g/mol. The number of hydrogen-bond donors (Lipinski definition) is 1. The smallest absolute Gasteiger partial charge is 0.183 e. The van der Waals surface area contributed by atoms with Crippen molar-refractivity contribution < 1.29 is 14.2 Å². The minimum absolute atomic E-state index is 0.453. The maximum absolute atomic E-state index is 13.7. The molecule has 1 aromatic carbocycles. The molecule has 1 atom stereocenters. The Morgan fingerprint density at radius 3 is 2.43 bits per heavy atom. The first-order valence-electron chi connectivity index (χ1n) is 7.64. The highest BCUT2D eigenvalue weighted by atomic mass is 19.1. The second-order valence-electron chi connectivity index (χ2n) is 6.11. The fraction of sp³-hybridized carbons (Fsp3) is 0.300. The van der Waals surface area contributed by atoms with Crippen molar-refractivity contribution in [2.45, 2.75) is 39.6 Å². The van der Waals surface area contributed by atoms with Gasteiger partial charge in [-0.3, -0.25) is 0 Å². The van der Waals surface area contributed by atoms with Gasteiger partial charge in [-0.15, -0.1) is 0 Å². The molecule has 0 amide bonds. The van der Waals surface area contributed by atoms with Crippen molar-refractivity contribution in [1.29, 1.82) is 0 Å². The minimum atomic E-state index is -1.10. The first-order valence-corrected chi connectivity index (χ1v) is 7.64. The average Bonchev–Trinajstić information content (AvgIpc) is 2.74. The average molecular weight is 314 g/mol. The summed E-state index contributed by atoms with van der Waals surface area (Å²) in [7, 11) is 0. The highest BCUT2D eigenvalue weighted by molar-refractivity contribution is 5.81. The molecule has 3 heteroatoms. The summed E-state index contributed by atoms with van der Waals surface area (Å²) in [6.07, 6.45) is 3.18. The molecule has 1 aliphatic heterocycles. The largest absolute Gasteiger partial charge is 0.364 e. The van der Waals surface area contributed by atoms with E-state index in [9.17, 15) is 9.50 Å². The highest BCUT2D eigenvalue weighted by Gasteiger charge is 2.40. The van der Waals surface area contributed by atoms with Crippen LogP contribution in [0.3, 0.4) is 0 Å². The Morgan fingerprint density at radius 1 is 1.30 bits per heavy atom. The first kappa shape index (κ1) is 17.4. The van der Waals surface area contributed by atoms with E-state index in [1.165, 1.54) is 6.08 Å². The summed E-state index contributed by atoms with van der Waals surface area (Å²) >= 11 is 0. The third kappa shape index (κ3) is 3.52. The van der Waals surface area contributed by atoms with Crippen LogP contribution in [0, 0.1) is 6.92 Å². The zero-order valence-electron chi connectivity index (χ0n) is 14.1. The summed E-state index contributed by atoms with van der Waals surface area (Å²) in [5, 5.41) is 10.4. The molecule has 0 spiro atoms. The van der Waals surface area contributed by atoms with E-state index < -0.39 is 17.7 Å². The number of aliphatic hydroxyl groups is 1. The van der Waals surface area contributed by atoms with Gasteiger partial charge in [0, 0.05) is 5.57 Å². The predicted octanol–water partition coefficient (Wildman–Crippen LogP) is 4.86. The van der Waals surface area contributed by atoms with Gasteiger partial charge < -0.3 is 9.84 Å². The Bertz CT molecular complexity index is 691. The monoisotopic (exact) mass is 314 g/mol. The van der Waals surface area contributed by atoms with Crippen LogP contribution in [0.15, 0.2) is 66.0 Å². The van der Waals surface area contributed by atoms with E-state index in [2.05, 4.69) is 6.58 Å². The van der Waals surface area contributed by atoms with Crippen molar-refractivity contribution in [3.05, 3.63) is 77.2 Å². The van der Waals surface area contributed by atoms with Crippen molar-refractivity contribution in [1.82, 2.24) is 0 Å². The van der Waals surface area contributed by atoms with Gasteiger partial charge in [-0.25, -0.2) is 4.39 Å². The van der Waals surface area contributed by atoms with Crippen LogP contribution < -0.4 is 0 Å². The Hall–Kier alpha value is -1.97. The van der Waals surface area contributed by atoms with Crippen molar-refractivity contribution in [2.24, 2.45) is 0 Å². The van der Waals surface area contributed by atoms with E-state index in [0.29, 0.717) is 11.1 Å². The number of aryl methyl sites for hydroxylation is 1. The van der Waals surface area contributed by atoms with Crippen LogP contribution in [0.2, 0.25) is 0 Å². The number of allylic oxidation sites excluding steroid dienone is 4. The van der Waals surface area contributed by atoms with Crippen LogP contribution in [-0.4, -0.2) is 17.0 Å². The summed E-state index contributed by atoms with van der Waals surface area (Å²) < 4.78 is 19.4. The van der Waals surface area contributed by atoms with E-state index in [0.717, 1.165) is 22.8 Å². The van der Waals surface area contributed by atoms with Gasteiger partial charge in [0.05, 0.1) is 5.60 Å². The maximum atomic E-state index is 13.7. The normalized spacial score (nSPS) is 21.7. The summed E-state index contributed by atoms with van der Waals surface area (Å²) in [6, 6.07) is 8.01. The molecule has 0 aromatic heterocycles. The van der Waals surface area contributed by atoms with Crippen molar-refractivity contribution >= 4 is 5.57 Å². The lowest BCUT2D eigenvalue weighted by Gasteiger charge is -2.22. The Balaban J connectivity index is 2.68. The van der Waals surface area contributed by atoms with Gasteiger partial charge in [0.2, 0.25) is 0 Å². The molecule has 0 saturated carbocycles. The van der Waals surface area contributed by atoms with E-state index >= 15 is 0 Å². The molecule has 0 fully saturated rings. The molecule has 0 bridgehead atoms. The molecule has 1 N–H and O–H groups in total. The zero-order chi connectivity index (χ0) is 17.2. The Morgan fingerprint density at radius 2 is 1.91 bits per heavy atom. The molecule has 1 unspecified atom stereocenters. The van der Waals surface area contributed by atoms with Gasteiger partial charge in [-0.2, -0.15) is 0 Å². The Kier molecular flexibility index (Phi) is 5.03. The van der Waals surface area contributed by atoms with Crippen LogP contribution >= 0.6 is 0 Å². The van der Waals surface area contributed by atoms with Crippen molar-refractivity contribution in [2.75, 3.05) is 0 Å². The highest BCUT2D eigenvalue weighted by Crippen LogP contribution is 2.44. The van der Waals surface area contributed by atoms with Crippen LogP contribution in [-0.2, 0) is 4.74 Å². The summed E-state index contributed by atoms with van der Waals surface area (Å²) in [5.41, 5.74) is 3.49. The molecule has 1 aliphatic rings. The SMILES string of the molecule is C=C/C(F)=C\C(=C/C)C1=C(c2ccc(C)cc2)C(C)(C)OC1O. The lowest BCUT2D eigenvalue weighted by Crippen LogP contribution is -2.24. The van der Waals surface area contributed by atoms with E-state index in [-0.39, 0.29) is 0 Å². The minimum Gasteiger partial charge on any atom is -0.364 e.